The van der Waals surface area contributed by atoms with Crippen molar-refractivity contribution in [3.8, 4) is 0 Å². The molecule has 2 nitrogen and oxygen atoms in total. The van der Waals surface area contributed by atoms with E-state index in [0.29, 0.717) is 12.2 Å². The lowest BCUT2D eigenvalue weighted by molar-refractivity contribution is -0.124. The maximum atomic E-state index is 12.2. The Bertz CT molecular complexity index is 358. The van der Waals surface area contributed by atoms with E-state index in [1.54, 1.807) is 0 Å². The van der Waals surface area contributed by atoms with Crippen LogP contribution in [0.5, 0.6) is 0 Å². The molecule has 0 spiro atoms. The second-order valence-electron chi connectivity index (χ2n) is 5.03. The fourth-order valence-electron chi connectivity index (χ4n) is 2.09. The average molecular weight is 233 g/mol. The average Bonchev–Trinajstić information content (AvgIpc) is 2.36. The predicted molar refractivity (Wildman–Crippen MR) is 72.3 cm³/mol. The summed E-state index contributed by atoms with van der Waals surface area (Å²) in [5.41, 5.74) is 0.786. The lowest BCUT2D eigenvalue weighted by Gasteiger charge is -2.29. The zero-order valence-electron chi connectivity index (χ0n) is 11.4. The molecule has 0 unspecified atom stereocenters. The van der Waals surface area contributed by atoms with Crippen molar-refractivity contribution in [1.29, 1.82) is 0 Å². The van der Waals surface area contributed by atoms with E-state index < -0.39 is 0 Å². The van der Waals surface area contributed by atoms with Crippen LogP contribution in [0.4, 0.5) is 0 Å². The van der Waals surface area contributed by atoms with Gasteiger partial charge >= 0.3 is 0 Å². The lowest BCUT2D eigenvalue weighted by atomic mass is 9.75. The van der Waals surface area contributed by atoms with Crippen LogP contribution < -0.4 is 0 Å². The Morgan fingerprint density at radius 1 is 1.24 bits per heavy atom. The van der Waals surface area contributed by atoms with Crippen LogP contribution in [0.15, 0.2) is 30.3 Å². The topological polar surface area (TPSA) is 20.3 Å². The summed E-state index contributed by atoms with van der Waals surface area (Å²) in [6.07, 6.45) is 1.47. The van der Waals surface area contributed by atoms with Crippen molar-refractivity contribution in [1.82, 2.24) is 4.90 Å². The summed E-state index contributed by atoms with van der Waals surface area (Å²) >= 11 is 0. The Morgan fingerprint density at radius 2 is 1.82 bits per heavy atom. The minimum absolute atomic E-state index is 0.325. The molecule has 1 rings (SSSR count). The molecule has 0 radical (unpaired) electrons. The summed E-state index contributed by atoms with van der Waals surface area (Å²) < 4.78 is 0. The molecule has 0 bridgehead atoms. The molecule has 17 heavy (non-hydrogen) atoms. The van der Waals surface area contributed by atoms with Gasteiger partial charge in [0.2, 0.25) is 0 Å². The molecular formula is C15H23NO. The molecule has 1 aromatic carbocycles. The molecule has 0 N–H and O–H groups in total. The van der Waals surface area contributed by atoms with E-state index in [0.717, 1.165) is 18.5 Å². The van der Waals surface area contributed by atoms with Crippen LogP contribution >= 0.6 is 0 Å². The molecule has 0 aliphatic heterocycles. The lowest BCUT2D eigenvalue weighted by Crippen LogP contribution is -2.35. The van der Waals surface area contributed by atoms with Crippen molar-refractivity contribution in [2.75, 3.05) is 20.6 Å². The molecule has 2 heteroatoms. The van der Waals surface area contributed by atoms with Crippen molar-refractivity contribution in [3.63, 3.8) is 0 Å². The maximum Gasteiger partial charge on any atom is 0.142 e. The summed E-state index contributed by atoms with van der Waals surface area (Å²) in [7, 11) is 4.09. The minimum atomic E-state index is -0.347. The first-order chi connectivity index (χ1) is 8.00. The number of hydrogen-bond donors (Lipinski definition) is 0. The van der Waals surface area contributed by atoms with Crippen LogP contribution in [0, 0.1) is 0 Å². The number of benzene rings is 1. The van der Waals surface area contributed by atoms with Crippen molar-refractivity contribution in [2.24, 2.45) is 0 Å². The van der Waals surface area contributed by atoms with E-state index >= 15 is 0 Å². The summed E-state index contributed by atoms with van der Waals surface area (Å²) in [5, 5.41) is 0. The van der Waals surface area contributed by atoms with E-state index in [-0.39, 0.29) is 5.41 Å². The molecule has 0 aromatic heterocycles. The highest BCUT2D eigenvalue weighted by Crippen LogP contribution is 2.30. The number of hydrogen-bond acceptors (Lipinski definition) is 2. The second kappa shape index (κ2) is 5.97. The molecule has 0 saturated carbocycles. The maximum absolute atomic E-state index is 12.2. The summed E-state index contributed by atoms with van der Waals surface area (Å²) in [6, 6.07) is 10.1. The highest BCUT2D eigenvalue weighted by molar-refractivity contribution is 5.89. The Hall–Kier alpha value is -1.15. The largest absolute Gasteiger partial charge is 0.309 e. The molecule has 0 amide bonds. The Kier molecular flexibility index (Phi) is 4.88. The quantitative estimate of drug-likeness (QED) is 0.753. The third kappa shape index (κ3) is 3.40. The Balaban J connectivity index is 2.98. The zero-order chi connectivity index (χ0) is 12.9. The normalized spacial score (nSPS) is 14.6. The molecule has 0 aliphatic rings. The fraction of sp³-hybridized carbons (Fsp3) is 0.533. The highest BCUT2D eigenvalue weighted by Gasteiger charge is 2.33. The number of ketones is 1. The van der Waals surface area contributed by atoms with Gasteiger partial charge in [-0.1, -0.05) is 37.3 Å². The van der Waals surface area contributed by atoms with Crippen LogP contribution in [-0.2, 0) is 10.2 Å². The minimum Gasteiger partial charge on any atom is -0.309 e. The monoisotopic (exact) mass is 233 g/mol. The van der Waals surface area contributed by atoms with Crippen LogP contribution in [0.25, 0.3) is 0 Å². The van der Waals surface area contributed by atoms with Gasteiger partial charge in [-0.15, -0.1) is 0 Å². The molecule has 0 saturated heterocycles. The van der Waals surface area contributed by atoms with E-state index in [1.807, 2.05) is 39.2 Å². The highest BCUT2D eigenvalue weighted by atomic mass is 16.1. The molecule has 0 heterocycles. The zero-order valence-corrected chi connectivity index (χ0v) is 11.4. The molecule has 1 atom stereocenters. The van der Waals surface area contributed by atoms with Crippen LogP contribution in [0.3, 0.4) is 0 Å². The third-order valence-corrected chi connectivity index (χ3v) is 3.41. The van der Waals surface area contributed by atoms with Crippen molar-refractivity contribution >= 4 is 5.78 Å². The van der Waals surface area contributed by atoms with Crippen molar-refractivity contribution in [3.05, 3.63) is 35.9 Å². The predicted octanol–water partition coefficient (Wildman–Crippen LogP) is 2.88. The number of carbonyl (C=O) groups is 1. The first kappa shape index (κ1) is 13.9. The summed E-state index contributed by atoms with van der Waals surface area (Å²) in [4.78, 5) is 14.4. The van der Waals surface area contributed by atoms with Gasteiger partial charge in [0.15, 0.2) is 0 Å². The number of Topliss-reactive ketones (excluding diaryl/α,β-unsaturated/α-hetero) is 1. The molecule has 0 fully saturated rings. The third-order valence-electron chi connectivity index (χ3n) is 3.41. The second-order valence-corrected chi connectivity index (χ2v) is 5.03. The van der Waals surface area contributed by atoms with Gasteiger partial charge in [-0.05, 0) is 39.5 Å². The molecule has 0 aliphatic carbocycles. The van der Waals surface area contributed by atoms with E-state index in [2.05, 4.69) is 24.0 Å². The van der Waals surface area contributed by atoms with Gasteiger partial charge in [-0.3, -0.25) is 4.79 Å². The SMILES string of the molecule is CCC(=O)[C@](C)(CCN(C)C)c1ccccc1. The van der Waals surface area contributed by atoms with Crippen LogP contribution in [-0.4, -0.2) is 31.3 Å². The van der Waals surface area contributed by atoms with Gasteiger partial charge in [0.05, 0.1) is 5.41 Å². The van der Waals surface area contributed by atoms with Gasteiger partial charge < -0.3 is 4.90 Å². The standard InChI is InChI=1S/C15H23NO/c1-5-14(17)15(2,11-12-16(3)4)13-9-7-6-8-10-13/h6-10H,5,11-12H2,1-4H3/t15-/m1/s1. The fourth-order valence-corrected chi connectivity index (χ4v) is 2.09. The van der Waals surface area contributed by atoms with E-state index in [9.17, 15) is 4.79 Å². The Morgan fingerprint density at radius 3 is 2.29 bits per heavy atom. The van der Waals surface area contributed by atoms with E-state index in [1.165, 1.54) is 0 Å². The first-order valence-corrected chi connectivity index (χ1v) is 6.24. The van der Waals surface area contributed by atoms with Crippen LogP contribution in [0.1, 0.15) is 32.3 Å². The summed E-state index contributed by atoms with van der Waals surface area (Å²) in [5.74, 6) is 0.325. The molecular weight excluding hydrogens is 210 g/mol. The molecule has 1 aromatic rings. The van der Waals surface area contributed by atoms with Crippen LogP contribution in [0.2, 0.25) is 0 Å². The van der Waals surface area contributed by atoms with Gasteiger partial charge in [-0.2, -0.15) is 0 Å². The Labute approximate surface area is 105 Å². The smallest absolute Gasteiger partial charge is 0.142 e. The first-order valence-electron chi connectivity index (χ1n) is 6.24. The van der Waals surface area contributed by atoms with Crippen molar-refractivity contribution in [2.45, 2.75) is 32.1 Å². The van der Waals surface area contributed by atoms with Gasteiger partial charge in [0.1, 0.15) is 5.78 Å². The van der Waals surface area contributed by atoms with Gasteiger partial charge in [0, 0.05) is 6.42 Å². The number of rotatable bonds is 6. The van der Waals surface area contributed by atoms with Gasteiger partial charge in [0.25, 0.3) is 0 Å². The molecule has 94 valence electrons. The number of nitrogens with zero attached hydrogens (tertiary/aromatic N) is 1. The number of carbonyl (C=O) groups excluding carboxylic acids is 1. The van der Waals surface area contributed by atoms with Gasteiger partial charge in [-0.25, -0.2) is 0 Å². The summed E-state index contributed by atoms with van der Waals surface area (Å²) in [6.45, 7) is 4.94. The van der Waals surface area contributed by atoms with E-state index in [4.69, 9.17) is 0 Å². The van der Waals surface area contributed by atoms with Crippen molar-refractivity contribution < 1.29 is 4.79 Å².